The third-order valence-electron chi connectivity index (χ3n) is 7.35. The van der Waals surface area contributed by atoms with Crippen LogP contribution in [0.4, 0.5) is 5.69 Å². The number of carbonyl (C=O) groups is 2. The van der Waals surface area contributed by atoms with E-state index in [1.807, 2.05) is 57.2 Å². The number of nitrogens with zero attached hydrogens (tertiary/aromatic N) is 2. The molecule has 0 saturated carbocycles. The van der Waals surface area contributed by atoms with Crippen LogP contribution in [-0.4, -0.2) is 16.7 Å². The minimum absolute atomic E-state index is 0.0387. The fourth-order valence-electron chi connectivity index (χ4n) is 5.64. The number of amides is 1. The largest absolute Gasteiger partial charge is 0.422 e. The summed E-state index contributed by atoms with van der Waals surface area (Å²) in [4.78, 5) is 45.0. The van der Waals surface area contributed by atoms with E-state index in [1.165, 1.54) is 0 Å². The number of hydrazine groups is 1. The van der Waals surface area contributed by atoms with Crippen LogP contribution in [0.25, 0.3) is 11.0 Å². The molecule has 0 fully saturated rings. The highest BCUT2D eigenvalue weighted by atomic mass is 16.4. The highest BCUT2D eigenvalue weighted by Crippen LogP contribution is 2.51. The van der Waals surface area contributed by atoms with E-state index in [0.29, 0.717) is 51.9 Å². The monoisotopic (exact) mass is 505 g/mol. The molecule has 2 aliphatic rings. The number of rotatable bonds is 3. The molecular weight excluding hydrogens is 478 g/mol. The van der Waals surface area contributed by atoms with E-state index < -0.39 is 11.5 Å². The second-order valence-corrected chi connectivity index (χ2v) is 10.8. The van der Waals surface area contributed by atoms with E-state index in [0.717, 1.165) is 11.1 Å². The Kier molecular flexibility index (Phi) is 5.52. The summed E-state index contributed by atoms with van der Waals surface area (Å²) >= 11 is 0. The first-order chi connectivity index (χ1) is 18.2. The zero-order valence-corrected chi connectivity index (χ0v) is 21.4. The maximum absolute atomic E-state index is 13.8. The zero-order valence-electron chi connectivity index (χ0n) is 21.4. The van der Waals surface area contributed by atoms with Crippen molar-refractivity contribution in [1.82, 2.24) is 10.4 Å². The number of hydrogen-bond donors (Lipinski definition) is 1. The second-order valence-electron chi connectivity index (χ2n) is 10.8. The van der Waals surface area contributed by atoms with Crippen LogP contribution in [0.1, 0.15) is 59.7 Å². The van der Waals surface area contributed by atoms with Crippen molar-refractivity contribution in [3.63, 3.8) is 0 Å². The molecule has 0 saturated heterocycles. The summed E-state index contributed by atoms with van der Waals surface area (Å²) in [7, 11) is 0. The lowest BCUT2D eigenvalue weighted by Gasteiger charge is -2.44. The molecule has 6 rings (SSSR count). The van der Waals surface area contributed by atoms with Gasteiger partial charge < -0.3 is 4.42 Å². The van der Waals surface area contributed by atoms with Gasteiger partial charge in [-0.25, -0.2) is 4.79 Å². The first kappa shape index (κ1) is 23.9. The molecule has 4 aromatic rings. The molecule has 1 unspecified atom stereocenters. The van der Waals surface area contributed by atoms with E-state index in [4.69, 9.17) is 4.42 Å². The Hall–Kier alpha value is -4.52. The Morgan fingerprint density at radius 3 is 2.45 bits per heavy atom. The molecule has 2 aromatic carbocycles. The van der Waals surface area contributed by atoms with Crippen molar-refractivity contribution in [2.75, 3.05) is 5.01 Å². The lowest BCUT2D eigenvalue weighted by molar-refractivity contribution is -0.118. The van der Waals surface area contributed by atoms with E-state index in [2.05, 4.69) is 10.4 Å². The van der Waals surface area contributed by atoms with Gasteiger partial charge in [-0.2, -0.15) is 0 Å². The van der Waals surface area contributed by atoms with Gasteiger partial charge in [0.05, 0.1) is 11.3 Å². The number of allylic oxidation sites excluding steroid dienone is 2. The van der Waals surface area contributed by atoms with Crippen LogP contribution < -0.4 is 16.1 Å². The summed E-state index contributed by atoms with van der Waals surface area (Å²) in [6, 6.07) is 18.4. The highest BCUT2D eigenvalue weighted by molar-refractivity contribution is 6.06. The van der Waals surface area contributed by atoms with Crippen molar-refractivity contribution in [2.45, 2.75) is 39.5 Å². The number of anilines is 1. The molecule has 38 heavy (non-hydrogen) atoms. The van der Waals surface area contributed by atoms with Crippen LogP contribution in [0.3, 0.4) is 0 Å². The number of pyridine rings is 1. The molecule has 190 valence electrons. The molecule has 7 nitrogen and oxygen atoms in total. The van der Waals surface area contributed by atoms with Gasteiger partial charge in [0.25, 0.3) is 5.91 Å². The van der Waals surface area contributed by atoms with Crippen LogP contribution >= 0.6 is 0 Å². The van der Waals surface area contributed by atoms with Gasteiger partial charge in [0.2, 0.25) is 0 Å². The number of para-hydroxylation sites is 1. The van der Waals surface area contributed by atoms with Crippen molar-refractivity contribution < 1.29 is 14.0 Å². The zero-order chi connectivity index (χ0) is 26.6. The fraction of sp³-hybridized carbons (Fsp3) is 0.226. The topological polar surface area (TPSA) is 92.5 Å². The van der Waals surface area contributed by atoms with Gasteiger partial charge in [-0.1, -0.05) is 55.8 Å². The number of carbonyl (C=O) groups excluding carboxylic acids is 2. The van der Waals surface area contributed by atoms with Crippen molar-refractivity contribution in [3.05, 3.63) is 117 Å². The number of aryl methyl sites for hydroxylation is 1. The fourth-order valence-corrected chi connectivity index (χ4v) is 5.64. The molecule has 0 bridgehead atoms. The van der Waals surface area contributed by atoms with Crippen molar-refractivity contribution in [1.29, 1.82) is 0 Å². The number of fused-ring (bicyclic) bond motifs is 3. The van der Waals surface area contributed by atoms with Gasteiger partial charge in [0.1, 0.15) is 5.58 Å². The average Bonchev–Trinajstić information content (AvgIpc) is 2.89. The molecule has 1 amide bonds. The maximum Gasteiger partial charge on any atom is 0.342 e. The molecule has 1 atom stereocenters. The normalized spacial score (nSPS) is 18.2. The molecular formula is C31H27N3O4. The summed E-state index contributed by atoms with van der Waals surface area (Å²) in [6.45, 7) is 6.09. The summed E-state index contributed by atoms with van der Waals surface area (Å²) in [6.07, 6.45) is 3.98. The van der Waals surface area contributed by atoms with Crippen molar-refractivity contribution >= 4 is 28.3 Å². The molecule has 3 heterocycles. The molecule has 7 heteroatoms. The smallest absolute Gasteiger partial charge is 0.342 e. The van der Waals surface area contributed by atoms with Crippen LogP contribution in [0, 0.1) is 12.3 Å². The van der Waals surface area contributed by atoms with Gasteiger partial charge in [0, 0.05) is 47.0 Å². The summed E-state index contributed by atoms with van der Waals surface area (Å²) in [5.74, 6) is -1.02. The average molecular weight is 506 g/mol. The van der Waals surface area contributed by atoms with Gasteiger partial charge in [-0.05, 0) is 48.6 Å². The quantitative estimate of drug-likeness (QED) is 0.373. The number of nitrogens with one attached hydrogen (secondary N) is 1. The minimum atomic E-state index is -0.612. The van der Waals surface area contributed by atoms with E-state index >= 15 is 0 Å². The number of Topliss-reactive ketones (excluding diaryl/α,β-unsaturated/α-hetero) is 1. The number of benzene rings is 2. The predicted octanol–water partition coefficient (Wildman–Crippen LogP) is 5.44. The summed E-state index contributed by atoms with van der Waals surface area (Å²) < 4.78 is 5.79. The molecule has 0 spiro atoms. The van der Waals surface area contributed by atoms with Gasteiger partial charge >= 0.3 is 5.63 Å². The Morgan fingerprint density at radius 1 is 1.00 bits per heavy atom. The van der Waals surface area contributed by atoms with Crippen LogP contribution in [0.2, 0.25) is 0 Å². The molecule has 1 N–H and O–H groups in total. The SMILES string of the molecule is Cc1ccc(C2C3=C(CC(C)(C)CC3=O)N(NC(=O)c3ccncc3)c3c2c(=O)oc2ccccc32)cc1. The molecule has 0 radical (unpaired) electrons. The first-order valence-electron chi connectivity index (χ1n) is 12.6. The van der Waals surface area contributed by atoms with E-state index in [-0.39, 0.29) is 17.1 Å². The number of hydrogen-bond acceptors (Lipinski definition) is 6. The molecule has 1 aliphatic heterocycles. The van der Waals surface area contributed by atoms with Gasteiger partial charge in [-0.15, -0.1) is 0 Å². The minimum Gasteiger partial charge on any atom is -0.422 e. The van der Waals surface area contributed by atoms with Gasteiger partial charge in [-0.3, -0.25) is 25.0 Å². The Labute approximate surface area is 219 Å². The standard InChI is InChI=1S/C31H27N3O4/c1-18-8-10-19(11-9-18)25-26-22(16-31(2,3)17-23(26)35)34(33-29(36)20-12-14-32-15-13-20)28-21-6-4-5-7-24(21)38-30(37)27(25)28/h4-15,25H,16-17H2,1-3H3,(H,33,36). The lowest BCUT2D eigenvalue weighted by Crippen LogP contribution is -2.49. The van der Waals surface area contributed by atoms with Gasteiger partial charge in [0.15, 0.2) is 5.78 Å². The Balaban J connectivity index is 1.67. The Bertz CT molecular complexity index is 1680. The van der Waals surface area contributed by atoms with Crippen molar-refractivity contribution in [2.24, 2.45) is 5.41 Å². The number of aromatic nitrogens is 1. The predicted molar refractivity (Wildman–Crippen MR) is 145 cm³/mol. The van der Waals surface area contributed by atoms with E-state index in [9.17, 15) is 14.4 Å². The second kappa shape index (κ2) is 8.80. The third-order valence-corrected chi connectivity index (χ3v) is 7.35. The lowest BCUT2D eigenvalue weighted by atomic mass is 9.68. The van der Waals surface area contributed by atoms with E-state index in [1.54, 1.807) is 41.7 Å². The summed E-state index contributed by atoms with van der Waals surface area (Å²) in [5.41, 5.74) is 7.00. The summed E-state index contributed by atoms with van der Waals surface area (Å²) in [5, 5.41) is 2.34. The van der Waals surface area contributed by atoms with Crippen LogP contribution in [-0.2, 0) is 4.79 Å². The highest BCUT2D eigenvalue weighted by Gasteiger charge is 2.46. The number of ketones is 1. The first-order valence-corrected chi connectivity index (χ1v) is 12.6. The molecule has 2 aromatic heterocycles. The third kappa shape index (κ3) is 3.91. The molecule has 1 aliphatic carbocycles. The maximum atomic E-state index is 13.8. The van der Waals surface area contributed by atoms with Crippen LogP contribution in [0.15, 0.2) is 93.5 Å². The Morgan fingerprint density at radius 2 is 1.71 bits per heavy atom. The van der Waals surface area contributed by atoms with Crippen molar-refractivity contribution in [3.8, 4) is 0 Å². The van der Waals surface area contributed by atoms with Crippen LogP contribution in [0.5, 0.6) is 0 Å².